The molecule has 0 aromatic heterocycles. The molecule has 4 nitrogen and oxygen atoms in total. The van der Waals surface area contributed by atoms with Crippen molar-refractivity contribution in [2.75, 3.05) is 6.61 Å². The standard InChI is InChI=1S/C14H19NO3/c1-14(2,3)18-13(16)15-12(11-9-17-11)10-7-5-4-6-8-10/h4-8,11-12H,9H2,1-3H3,(H,15,16)/t11-,12-/m0/s1. The maximum atomic E-state index is 11.8. The molecule has 1 aliphatic rings. The van der Waals surface area contributed by atoms with Crippen LogP contribution in [0.2, 0.25) is 0 Å². The zero-order valence-corrected chi connectivity index (χ0v) is 11.0. The summed E-state index contributed by atoms with van der Waals surface area (Å²) in [6, 6.07) is 9.65. The second-order valence-electron chi connectivity index (χ2n) is 5.41. The van der Waals surface area contributed by atoms with Crippen molar-refractivity contribution >= 4 is 6.09 Å². The Morgan fingerprint density at radius 1 is 1.39 bits per heavy atom. The molecule has 1 amide bonds. The zero-order valence-electron chi connectivity index (χ0n) is 11.0. The number of nitrogens with one attached hydrogen (secondary N) is 1. The zero-order chi connectivity index (χ0) is 13.2. The molecule has 1 saturated heterocycles. The van der Waals surface area contributed by atoms with Gasteiger partial charge in [-0.05, 0) is 26.3 Å². The van der Waals surface area contributed by atoms with Crippen LogP contribution in [0.25, 0.3) is 0 Å². The quantitative estimate of drug-likeness (QED) is 0.838. The van der Waals surface area contributed by atoms with Crippen LogP contribution in [0.5, 0.6) is 0 Å². The molecule has 0 radical (unpaired) electrons. The molecule has 98 valence electrons. The number of carbonyl (C=O) groups excluding carboxylic acids is 1. The molecule has 1 aromatic carbocycles. The monoisotopic (exact) mass is 249 g/mol. The molecule has 0 aliphatic carbocycles. The first-order valence-electron chi connectivity index (χ1n) is 6.12. The van der Waals surface area contributed by atoms with E-state index in [-0.39, 0.29) is 12.1 Å². The molecule has 0 spiro atoms. The van der Waals surface area contributed by atoms with Gasteiger partial charge in [-0.1, -0.05) is 30.3 Å². The van der Waals surface area contributed by atoms with Gasteiger partial charge in [0.05, 0.1) is 12.6 Å². The summed E-state index contributed by atoms with van der Waals surface area (Å²) in [5.41, 5.74) is 0.543. The lowest BCUT2D eigenvalue weighted by atomic mass is 10.0. The minimum atomic E-state index is -0.490. The van der Waals surface area contributed by atoms with Crippen molar-refractivity contribution in [2.45, 2.75) is 38.5 Å². The van der Waals surface area contributed by atoms with Crippen LogP contribution in [-0.4, -0.2) is 24.4 Å². The van der Waals surface area contributed by atoms with Gasteiger partial charge < -0.3 is 14.8 Å². The van der Waals surface area contributed by atoms with E-state index in [1.807, 2.05) is 51.1 Å². The van der Waals surface area contributed by atoms with E-state index in [2.05, 4.69) is 5.32 Å². The maximum absolute atomic E-state index is 11.8. The molecule has 1 fully saturated rings. The summed E-state index contributed by atoms with van der Waals surface area (Å²) < 4.78 is 10.5. The number of carbonyl (C=O) groups is 1. The second kappa shape index (κ2) is 4.98. The number of hydrogen-bond acceptors (Lipinski definition) is 3. The van der Waals surface area contributed by atoms with Gasteiger partial charge in [0.25, 0.3) is 0 Å². The van der Waals surface area contributed by atoms with Crippen LogP contribution in [0.3, 0.4) is 0 Å². The first-order valence-corrected chi connectivity index (χ1v) is 6.12. The molecule has 1 heterocycles. The molecule has 18 heavy (non-hydrogen) atoms. The minimum absolute atomic E-state index is 0.0555. The van der Waals surface area contributed by atoms with Gasteiger partial charge in [-0.3, -0.25) is 0 Å². The third-order valence-corrected chi connectivity index (χ3v) is 2.56. The van der Waals surface area contributed by atoms with Gasteiger partial charge in [0.15, 0.2) is 0 Å². The fourth-order valence-corrected chi connectivity index (χ4v) is 1.73. The molecule has 1 aromatic rings. The van der Waals surface area contributed by atoms with E-state index >= 15 is 0 Å². The predicted molar refractivity (Wildman–Crippen MR) is 68.3 cm³/mol. The van der Waals surface area contributed by atoms with Crippen molar-refractivity contribution in [1.82, 2.24) is 5.32 Å². The lowest BCUT2D eigenvalue weighted by Crippen LogP contribution is -2.36. The van der Waals surface area contributed by atoms with Gasteiger partial charge in [0.2, 0.25) is 0 Å². The van der Waals surface area contributed by atoms with Crippen LogP contribution in [0.15, 0.2) is 30.3 Å². The van der Waals surface area contributed by atoms with Crippen molar-refractivity contribution < 1.29 is 14.3 Å². The number of alkyl carbamates (subject to hydrolysis) is 1. The summed E-state index contributed by atoms with van der Waals surface area (Å²) >= 11 is 0. The number of rotatable bonds is 3. The molecular formula is C14H19NO3. The van der Waals surface area contributed by atoms with Crippen molar-refractivity contribution in [3.8, 4) is 0 Å². The predicted octanol–water partition coefficient (Wildman–Crippen LogP) is 2.65. The second-order valence-corrected chi connectivity index (χ2v) is 5.41. The summed E-state index contributed by atoms with van der Waals surface area (Å²) in [7, 11) is 0. The van der Waals surface area contributed by atoms with E-state index in [0.29, 0.717) is 6.61 Å². The van der Waals surface area contributed by atoms with E-state index < -0.39 is 11.7 Å². The first-order chi connectivity index (χ1) is 8.46. The number of benzene rings is 1. The number of epoxide rings is 1. The van der Waals surface area contributed by atoms with Crippen molar-refractivity contribution in [1.29, 1.82) is 0 Å². The van der Waals surface area contributed by atoms with Crippen LogP contribution in [0.4, 0.5) is 4.79 Å². The summed E-state index contributed by atoms with van der Waals surface area (Å²) in [6.07, 6.45) is -0.355. The van der Waals surface area contributed by atoms with Crippen LogP contribution >= 0.6 is 0 Å². The Hall–Kier alpha value is -1.55. The maximum Gasteiger partial charge on any atom is 0.408 e. The van der Waals surface area contributed by atoms with Gasteiger partial charge in [-0.15, -0.1) is 0 Å². The van der Waals surface area contributed by atoms with Crippen molar-refractivity contribution in [2.24, 2.45) is 0 Å². The summed E-state index contributed by atoms with van der Waals surface area (Å²) in [4.78, 5) is 11.8. The molecule has 4 heteroatoms. The molecule has 0 saturated carbocycles. The van der Waals surface area contributed by atoms with Crippen LogP contribution < -0.4 is 5.32 Å². The fraction of sp³-hybridized carbons (Fsp3) is 0.500. The van der Waals surface area contributed by atoms with Crippen LogP contribution in [-0.2, 0) is 9.47 Å². The van der Waals surface area contributed by atoms with Gasteiger partial charge in [0, 0.05) is 0 Å². The Kier molecular flexibility index (Phi) is 3.57. The van der Waals surface area contributed by atoms with Gasteiger partial charge >= 0.3 is 6.09 Å². The first kappa shape index (κ1) is 12.9. The Morgan fingerprint density at radius 3 is 2.50 bits per heavy atom. The Balaban J connectivity index is 2.02. The molecule has 2 atom stereocenters. The summed E-state index contributed by atoms with van der Waals surface area (Å²) in [6.45, 7) is 6.21. The SMILES string of the molecule is CC(C)(C)OC(=O)N[C@@H](c1ccccc1)[C@@H]1CO1. The molecule has 1 aliphatic heterocycles. The highest BCUT2D eigenvalue weighted by Crippen LogP contribution is 2.27. The molecule has 0 unspecified atom stereocenters. The lowest BCUT2D eigenvalue weighted by Gasteiger charge is -2.23. The van der Waals surface area contributed by atoms with Crippen LogP contribution in [0.1, 0.15) is 32.4 Å². The topological polar surface area (TPSA) is 50.9 Å². The Bertz CT molecular complexity index is 407. The average molecular weight is 249 g/mol. The average Bonchev–Trinajstić information content (AvgIpc) is 3.08. The number of hydrogen-bond donors (Lipinski definition) is 1. The van der Waals surface area contributed by atoms with Crippen molar-refractivity contribution in [3.63, 3.8) is 0 Å². The molecule has 1 N–H and O–H groups in total. The highest BCUT2D eigenvalue weighted by molar-refractivity contribution is 5.68. The Morgan fingerprint density at radius 2 is 2.00 bits per heavy atom. The molecule has 2 rings (SSSR count). The van der Waals surface area contributed by atoms with E-state index in [1.54, 1.807) is 0 Å². The lowest BCUT2D eigenvalue weighted by molar-refractivity contribution is 0.0494. The summed E-state index contributed by atoms with van der Waals surface area (Å²) in [5.74, 6) is 0. The molecule has 0 bridgehead atoms. The Labute approximate surface area is 107 Å². The fourth-order valence-electron chi connectivity index (χ4n) is 1.73. The number of ether oxygens (including phenoxy) is 2. The largest absolute Gasteiger partial charge is 0.444 e. The van der Waals surface area contributed by atoms with E-state index in [1.165, 1.54) is 0 Å². The van der Waals surface area contributed by atoms with Gasteiger partial charge in [0.1, 0.15) is 11.7 Å². The minimum Gasteiger partial charge on any atom is -0.444 e. The van der Waals surface area contributed by atoms with Crippen LogP contribution in [0, 0.1) is 0 Å². The number of amides is 1. The van der Waals surface area contributed by atoms with Gasteiger partial charge in [-0.25, -0.2) is 4.79 Å². The third kappa shape index (κ3) is 3.74. The van der Waals surface area contributed by atoms with Crippen molar-refractivity contribution in [3.05, 3.63) is 35.9 Å². The molecular weight excluding hydrogens is 230 g/mol. The normalized spacial score (nSPS) is 20.1. The van der Waals surface area contributed by atoms with E-state index in [0.717, 1.165) is 5.56 Å². The van der Waals surface area contributed by atoms with Gasteiger partial charge in [-0.2, -0.15) is 0 Å². The highest BCUT2D eigenvalue weighted by atomic mass is 16.6. The van der Waals surface area contributed by atoms with E-state index in [4.69, 9.17) is 9.47 Å². The summed E-state index contributed by atoms with van der Waals surface area (Å²) in [5, 5.41) is 2.87. The van der Waals surface area contributed by atoms with E-state index in [9.17, 15) is 4.79 Å². The highest BCUT2D eigenvalue weighted by Gasteiger charge is 2.35. The third-order valence-electron chi connectivity index (χ3n) is 2.56. The smallest absolute Gasteiger partial charge is 0.408 e.